The minimum Gasteiger partial charge on any atom is -0.349 e. The first kappa shape index (κ1) is 18.4. The Balaban J connectivity index is 1.77. The number of nitrogens with one attached hydrogen (secondary N) is 2. The Hall–Kier alpha value is -3.41. The number of benzene rings is 2. The maximum Gasteiger partial charge on any atom is 0.226 e. The molecule has 2 amide bonds. The van der Waals surface area contributed by atoms with Gasteiger partial charge < -0.3 is 10.6 Å². The van der Waals surface area contributed by atoms with E-state index in [0.717, 1.165) is 16.8 Å². The van der Waals surface area contributed by atoms with E-state index in [0.29, 0.717) is 5.69 Å². The Morgan fingerprint density at radius 3 is 2.48 bits per heavy atom. The van der Waals surface area contributed by atoms with Crippen LogP contribution in [-0.2, 0) is 9.59 Å². The maximum absolute atomic E-state index is 12.7. The van der Waals surface area contributed by atoms with Crippen molar-refractivity contribution in [2.75, 3.05) is 5.32 Å². The molecule has 0 saturated heterocycles. The molecule has 1 aromatic heterocycles. The van der Waals surface area contributed by atoms with E-state index >= 15 is 0 Å². The van der Waals surface area contributed by atoms with Crippen molar-refractivity contribution in [1.29, 1.82) is 0 Å². The third-order valence-corrected chi connectivity index (χ3v) is 4.18. The molecule has 138 valence electrons. The molecule has 0 aliphatic carbocycles. The van der Waals surface area contributed by atoms with Gasteiger partial charge in [-0.05, 0) is 30.7 Å². The topological polar surface area (TPSA) is 76.0 Å². The summed E-state index contributed by atoms with van der Waals surface area (Å²) >= 11 is 0. The fourth-order valence-electron chi connectivity index (χ4n) is 2.87. The first-order valence-electron chi connectivity index (χ1n) is 8.75. The van der Waals surface area contributed by atoms with E-state index in [9.17, 15) is 9.59 Å². The maximum atomic E-state index is 12.7. The molecule has 3 aromatic rings. The predicted molar refractivity (Wildman–Crippen MR) is 105 cm³/mol. The number of rotatable bonds is 6. The van der Waals surface area contributed by atoms with Crippen molar-refractivity contribution in [3.63, 3.8) is 0 Å². The van der Waals surface area contributed by atoms with Crippen LogP contribution in [0, 0.1) is 6.92 Å². The Kier molecular flexibility index (Phi) is 5.66. The van der Waals surface area contributed by atoms with Crippen molar-refractivity contribution in [2.45, 2.75) is 26.3 Å². The van der Waals surface area contributed by atoms with Crippen molar-refractivity contribution >= 4 is 17.5 Å². The van der Waals surface area contributed by atoms with E-state index in [4.69, 9.17) is 0 Å². The lowest BCUT2D eigenvalue weighted by Crippen LogP contribution is -2.30. The molecule has 3 rings (SSSR count). The Bertz CT molecular complexity index is 918. The molecule has 6 nitrogen and oxygen atoms in total. The highest BCUT2D eigenvalue weighted by Crippen LogP contribution is 2.22. The van der Waals surface area contributed by atoms with Crippen molar-refractivity contribution in [3.05, 3.63) is 78.1 Å². The van der Waals surface area contributed by atoms with Crippen molar-refractivity contribution < 1.29 is 9.59 Å². The molecule has 0 spiro atoms. The van der Waals surface area contributed by atoms with Crippen LogP contribution in [0.2, 0.25) is 0 Å². The summed E-state index contributed by atoms with van der Waals surface area (Å²) in [5, 5.41) is 10.0. The third-order valence-electron chi connectivity index (χ3n) is 4.18. The first-order valence-corrected chi connectivity index (χ1v) is 8.75. The second-order valence-electron chi connectivity index (χ2n) is 6.38. The summed E-state index contributed by atoms with van der Waals surface area (Å²) < 4.78 is 1.70. The predicted octanol–water partition coefficient (Wildman–Crippen LogP) is 3.39. The zero-order valence-corrected chi connectivity index (χ0v) is 15.3. The summed E-state index contributed by atoms with van der Waals surface area (Å²) in [4.78, 5) is 24.3. The molecule has 0 radical (unpaired) electrons. The first-order chi connectivity index (χ1) is 13.0. The van der Waals surface area contributed by atoms with Crippen molar-refractivity contribution in [1.82, 2.24) is 15.1 Å². The quantitative estimate of drug-likeness (QED) is 0.706. The van der Waals surface area contributed by atoms with Crippen LogP contribution in [0.3, 0.4) is 0 Å². The highest BCUT2D eigenvalue weighted by Gasteiger charge is 2.18. The lowest BCUT2D eigenvalue weighted by atomic mass is 10.0. The van der Waals surface area contributed by atoms with Crippen LogP contribution in [0.5, 0.6) is 0 Å². The molecule has 0 fully saturated rings. The third kappa shape index (κ3) is 4.82. The van der Waals surface area contributed by atoms with Gasteiger partial charge >= 0.3 is 0 Å². The molecule has 0 saturated carbocycles. The number of carbonyl (C=O) groups is 2. The van der Waals surface area contributed by atoms with E-state index in [-0.39, 0.29) is 24.3 Å². The van der Waals surface area contributed by atoms with Gasteiger partial charge in [-0.15, -0.1) is 0 Å². The van der Waals surface area contributed by atoms with Crippen molar-refractivity contribution in [3.8, 4) is 5.69 Å². The average Bonchev–Trinajstić information content (AvgIpc) is 3.16. The van der Waals surface area contributed by atoms with Gasteiger partial charge in [-0.3, -0.25) is 9.59 Å². The van der Waals surface area contributed by atoms with Gasteiger partial charge in [0.05, 0.1) is 23.8 Å². The number of amides is 2. The van der Waals surface area contributed by atoms with E-state index in [2.05, 4.69) is 15.7 Å². The van der Waals surface area contributed by atoms with E-state index < -0.39 is 0 Å². The van der Waals surface area contributed by atoms with Crippen molar-refractivity contribution in [2.24, 2.45) is 0 Å². The average molecular weight is 362 g/mol. The van der Waals surface area contributed by atoms with Crippen LogP contribution in [0.4, 0.5) is 5.69 Å². The Morgan fingerprint density at radius 2 is 1.81 bits per heavy atom. The second-order valence-corrected chi connectivity index (χ2v) is 6.38. The molecule has 1 unspecified atom stereocenters. The van der Waals surface area contributed by atoms with Gasteiger partial charge in [-0.1, -0.05) is 42.0 Å². The monoisotopic (exact) mass is 362 g/mol. The fourth-order valence-corrected chi connectivity index (χ4v) is 2.87. The van der Waals surface area contributed by atoms with Crippen LogP contribution >= 0.6 is 0 Å². The van der Waals surface area contributed by atoms with Gasteiger partial charge in [0.15, 0.2) is 0 Å². The number of anilines is 1. The zero-order valence-electron chi connectivity index (χ0n) is 15.3. The summed E-state index contributed by atoms with van der Waals surface area (Å²) in [6, 6.07) is 16.7. The second kappa shape index (κ2) is 8.31. The number of aryl methyl sites for hydroxylation is 1. The normalized spacial score (nSPS) is 11.6. The molecule has 1 heterocycles. The Labute approximate surface area is 158 Å². The minimum absolute atomic E-state index is 0.135. The lowest BCUT2D eigenvalue weighted by Gasteiger charge is -2.19. The minimum atomic E-state index is -0.389. The standard InChI is InChI=1S/C21H22N4O2/c1-15-8-10-17(11-9-15)19(23-16(2)26)14-21(27)24-18-6-3-4-7-20(18)25-13-5-12-22-25/h3-13,19H,14H2,1-2H3,(H,23,26)(H,24,27). The SMILES string of the molecule is CC(=O)NC(CC(=O)Nc1ccccc1-n1cccn1)c1ccc(C)cc1. The van der Waals surface area contributed by atoms with Gasteiger partial charge in [-0.2, -0.15) is 5.10 Å². The van der Waals surface area contributed by atoms with Gasteiger partial charge in [0.2, 0.25) is 11.8 Å². The van der Waals surface area contributed by atoms with Crippen LogP contribution in [0.15, 0.2) is 67.0 Å². The largest absolute Gasteiger partial charge is 0.349 e. The van der Waals surface area contributed by atoms with Gasteiger partial charge in [0.1, 0.15) is 0 Å². The molecule has 2 aromatic carbocycles. The van der Waals surface area contributed by atoms with Gasteiger partial charge in [0.25, 0.3) is 0 Å². The number of para-hydroxylation sites is 2. The fraction of sp³-hybridized carbons (Fsp3) is 0.190. The molecule has 0 aliphatic rings. The molecule has 2 N–H and O–H groups in total. The van der Waals surface area contributed by atoms with E-state index in [1.807, 2.05) is 67.7 Å². The zero-order chi connectivity index (χ0) is 19.2. The van der Waals surface area contributed by atoms with Gasteiger partial charge in [0, 0.05) is 19.3 Å². The van der Waals surface area contributed by atoms with Crippen LogP contribution in [0.25, 0.3) is 5.69 Å². The summed E-state index contributed by atoms with van der Waals surface area (Å²) in [5.41, 5.74) is 3.46. The summed E-state index contributed by atoms with van der Waals surface area (Å²) in [5.74, 6) is -0.362. The van der Waals surface area contributed by atoms with Crippen LogP contribution in [-0.4, -0.2) is 21.6 Å². The van der Waals surface area contributed by atoms with Crippen LogP contribution in [0.1, 0.15) is 30.5 Å². The molecule has 0 aliphatic heterocycles. The van der Waals surface area contributed by atoms with Crippen LogP contribution < -0.4 is 10.6 Å². The molecule has 0 bridgehead atoms. The number of carbonyl (C=O) groups excluding carboxylic acids is 2. The Morgan fingerprint density at radius 1 is 1.07 bits per heavy atom. The summed E-state index contributed by atoms with van der Waals surface area (Å²) in [7, 11) is 0. The summed E-state index contributed by atoms with van der Waals surface area (Å²) in [6.45, 7) is 3.45. The number of nitrogens with zero attached hydrogens (tertiary/aromatic N) is 2. The molecule has 1 atom stereocenters. The smallest absolute Gasteiger partial charge is 0.226 e. The highest BCUT2D eigenvalue weighted by atomic mass is 16.2. The number of hydrogen-bond donors (Lipinski definition) is 2. The molecular weight excluding hydrogens is 340 g/mol. The van der Waals surface area contributed by atoms with Gasteiger partial charge in [-0.25, -0.2) is 4.68 Å². The highest BCUT2D eigenvalue weighted by molar-refractivity contribution is 5.93. The van der Waals surface area contributed by atoms with E-state index in [1.165, 1.54) is 6.92 Å². The molecular formula is C21H22N4O2. The number of hydrogen-bond acceptors (Lipinski definition) is 3. The van der Waals surface area contributed by atoms with E-state index in [1.54, 1.807) is 10.9 Å². The summed E-state index contributed by atoms with van der Waals surface area (Å²) in [6.07, 6.45) is 3.64. The molecule has 27 heavy (non-hydrogen) atoms. The molecule has 6 heteroatoms. The number of aromatic nitrogens is 2. The lowest BCUT2D eigenvalue weighted by molar-refractivity contribution is -0.120.